The highest BCUT2D eigenvalue weighted by Gasteiger charge is 2.26. The molecule has 1 N–H and O–H groups in total. The number of imidazole rings is 1. The Morgan fingerprint density at radius 3 is 2.70 bits per heavy atom. The van der Waals surface area contributed by atoms with Crippen LogP contribution in [0.4, 0.5) is 10.1 Å². The van der Waals surface area contributed by atoms with Gasteiger partial charge in [0, 0.05) is 58.5 Å². The van der Waals surface area contributed by atoms with E-state index in [0.717, 1.165) is 80.2 Å². The molecule has 3 aromatic heterocycles. The number of carbonyl (C=O) groups is 1. The van der Waals surface area contributed by atoms with Crippen molar-refractivity contribution in [3.63, 3.8) is 0 Å². The molecule has 1 amide bonds. The third-order valence-corrected chi connectivity index (χ3v) is 9.27. The van der Waals surface area contributed by atoms with Gasteiger partial charge in [-0.15, -0.1) is 0 Å². The molecule has 2 aromatic carbocycles. The van der Waals surface area contributed by atoms with Gasteiger partial charge in [0.2, 0.25) is 5.88 Å². The Morgan fingerprint density at radius 1 is 1.09 bits per heavy atom. The van der Waals surface area contributed by atoms with Gasteiger partial charge in [-0.1, -0.05) is 23.7 Å². The lowest BCUT2D eigenvalue weighted by Crippen LogP contribution is -2.35. The van der Waals surface area contributed by atoms with Crippen molar-refractivity contribution < 1.29 is 18.7 Å². The smallest absolute Gasteiger partial charge is 0.256 e. The molecule has 0 spiro atoms. The average Bonchev–Trinajstić information content (AvgIpc) is 3.38. The minimum absolute atomic E-state index is 0.0864. The monoisotopic (exact) mass is 654 g/mol. The number of aromatic nitrogens is 4. The number of anilines is 1. The predicted octanol–water partition coefficient (Wildman–Crippen LogP) is 6.93. The van der Waals surface area contributed by atoms with Crippen LogP contribution in [0.5, 0.6) is 5.88 Å². The fourth-order valence-corrected chi connectivity index (χ4v) is 6.42. The van der Waals surface area contributed by atoms with Gasteiger partial charge in [0.1, 0.15) is 18.2 Å². The standard InChI is InChI=1S/C36H36ClFN6O3/c1-23-19-39-13-9-29(23)36(45)40-27-7-8-33-32(18-27)41-34(44(33)20-28-12-16-46-28)21-43-14-10-24(11-15-43)31-3-2-4-35(42-31)47-22-25-5-6-26(37)17-30(25)38/h2-9,13,17-19,24,28H,10-12,14-16,20-22H2,1H3,(H,40,45)/t28-/m0/s1. The highest BCUT2D eigenvalue weighted by atomic mass is 35.5. The first-order chi connectivity index (χ1) is 22.9. The van der Waals surface area contributed by atoms with Gasteiger partial charge in [0.05, 0.1) is 30.2 Å². The molecule has 0 aliphatic carbocycles. The lowest BCUT2D eigenvalue weighted by atomic mass is 9.93. The van der Waals surface area contributed by atoms with E-state index in [1.54, 1.807) is 36.7 Å². The summed E-state index contributed by atoms with van der Waals surface area (Å²) in [7, 11) is 0. The van der Waals surface area contributed by atoms with Crippen LogP contribution in [0.3, 0.4) is 0 Å². The van der Waals surface area contributed by atoms with Crippen LogP contribution in [0.2, 0.25) is 5.02 Å². The predicted molar refractivity (Wildman–Crippen MR) is 178 cm³/mol. The summed E-state index contributed by atoms with van der Waals surface area (Å²) in [5.74, 6) is 1.22. The summed E-state index contributed by atoms with van der Waals surface area (Å²) in [6, 6.07) is 18.0. The van der Waals surface area contributed by atoms with E-state index in [9.17, 15) is 9.18 Å². The van der Waals surface area contributed by atoms with Gasteiger partial charge in [0.25, 0.3) is 5.91 Å². The number of piperidine rings is 1. The molecule has 2 aliphatic rings. The molecule has 1 atom stereocenters. The Hall–Kier alpha value is -4.38. The quantitative estimate of drug-likeness (QED) is 0.175. The van der Waals surface area contributed by atoms with Crippen LogP contribution in [-0.2, 0) is 24.4 Å². The second-order valence-corrected chi connectivity index (χ2v) is 12.7. The van der Waals surface area contributed by atoms with E-state index in [2.05, 4.69) is 19.8 Å². The minimum Gasteiger partial charge on any atom is -0.473 e. The fourth-order valence-electron chi connectivity index (χ4n) is 6.26. The highest BCUT2D eigenvalue weighted by molar-refractivity contribution is 6.30. The third kappa shape index (κ3) is 7.15. The zero-order valence-corrected chi connectivity index (χ0v) is 26.9. The summed E-state index contributed by atoms with van der Waals surface area (Å²) in [6.07, 6.45) is 6.45. The number of rotatable bonds is 10. The second-order valence-electron chi connectivity index (χ2n) is 12.2. The Labute approximate surface area is 277 Å². The van der Waals surface area contributed by atoms with E-state index in [-0.39, 0.29) is 18.6 Å². The molecule has 7 rings (SSSR count). The maximum atomic E-state index is 14.2. The number of aryl methyl sites for hydroxylation is 1. The van der Waals surface area contributed by atoms with Gasteiger partial charge in [-0.25, -0.2) is 14.4 Å². The summed E-state index contributed by atoms with van der Waals surface area (Å²) in [6.45, 7) is 6.04. The molecule has 242 valence electrons. The van der Waals surface area contributed by atoms with E-state index < -0.39 is 5.82 Å². The third-order valence-electron chi connectivity index (χ3n) is 9.04. The average molecular weight is 655 g/mol. The molecule has 5 aromatic rings. The SMILES string of the molecule is Cc1cnccc1C(=O)Nc1ccc2c(c1)nc(CN1CCC(c3cccc(OCc4ccc(Cl)cc4F)n3)CC1)n2C[C@@H]1CCO1. The Bertz CT molecular complexity index is 1900. The number of hydrogen-bond donors (Lipinski definition) is 1. The number of benzene rings is 2. The number of nitrogens with zero attached hydrogens (tertiary/aromatic N) is 5. The molecule has 47 heavy (non-hydrogen) atoms. The van der Waals surface area contributed by atoms with E-state index in [1.165, 1.54) is 6.07 Å². The molecule has 2 aliphatic heterocycles. The van der Waals surface area contributed by atoms with Crippen molar-refractivity contribution in [2.24, 2.45) is 0 Å². The van der Waals surface area contributed by atoms with Gasteiger partial charge in [-0.05, 0) is 87.3 Å². The van der Waals surface area contributed by atoms with Crippen molar-refractivity contribution in [3.05, 3.63) is 112 Å². The molecule has 11 heteroatoms. The van der Waals surface area contributed by atoms with E-state index in [0.29, 0.717) is 33.6 Å². The van der Waals surface area contributed by atoms with Crippen LogP contribution in [0.25, 0.3) is 11.0 Å². The van der Waals surface area contributed by atoms with Crippen molar-refractivity contribution in [1.82, 2.24) is 24.4 Å². The van der Waals surface area contributed by atoms with Crippen molar-refractivity contribution in [2.75, 3.05) is 25.0 Å². The minimum atomic E-state index is -0.391. The number of ether oxygens (including phenoxy) is 2. The number of pyridine rings is 2. The van der Waals surface area contributed by atoms with Crippen LogP contribution >= 0.6 is 11.6 Å². The molecule has 0 radical (unpaired) electrons. The highest BCUT2D eigenvalue weighted by Crippen LogP contribution is 2.30. The van der Waals surface area contributed by atoms with Gasteiger partial charge in [0.15, 0.2) is 0 Å². The van der Waals surface area contributed by atoms with Crippen LogP contribution < -0.4 is 10.1 Å². The molecular formula is C36H36ClFN6O3. The van der Waals surface area contributed by atoms with E-state index >= 15 is 0 Å². The molecule has 0 saturated carbocycles. The molecule has 0 unspecified atom stereocenters. The van der Waals surface area contributed by atoms with Crippen molar-refractivity contribution in [3.8, 4) is 5.88 Å². The van der Waals surface area contributed by atoms with E-state index in [4.69, 9.17) is 31.0 Å². The van der Waals surface area contributed by atoms with Gasteiger partial charge in [-0.3, -0.25) is 14.7 Å². The maximum Gasteiger partial charge on any atom is 0.256 e. The largest absolute Gasteiger partial charge is 0.473 e. The second kappa shape index (κ2) is 13.8. The number of likely N-dealkylation sites (tertiary alicyclic amines) is 1. The Kier molecular flexibility index (Phi) is 9.15. The normalized spacial score (nSPS) is 17.0. The van der Waals surface area contributed by atoms with Crippen LogP contribution in [0.1, 0.15) is 58.2 Å². The molecule has 2 saturated heterocycles. The summed E-state index contributed by atoms with van der Waals surface area (Å²) < 4.78 is 28.1. The molecule has 2 fully saturated rings. The van der Waals surface area contributed by atoms with Crippen LogP contribution in [0.15, 0.2) is 73.1 Å². The first-order valence-corrected chi connectivity index (χ1v) is 16.4. The number of carbonyl (C=O) groups excluding carboxylic acids is 1. The van der Waals surface area contributed by atoms with Crippen LogP contribution in [0, 0.1) is 12.7 Å². The molecule has 5 heterocycles. The lowest BCUT2D eigenvalue weighted by molar-refractivity contribution is -0.0592. The molecule has 9 nitrogen and oxygen atoms in total. The van der Waals surface area contributed by atoms with Crippen molar-refractivity contribution in [1.29, 1.82) is 0 Å². The zero-order chi connectivity index (χ0) is 32.3. The fraction of sp³-hybridized carbons (Fsp3) is 0.333. The first-order valence-electron chi connectivity index (χ1n) is 16.0. The summed E-state index contributed by atoms with van der Waals surface area (Å²) in [5, 5.41) is 3.38. The van der Waals surface area contributed by atoms with Crippen molar-refractivity contribution in [2.45, 2.75) is 57.9 Å². The number of nitrogens with one attached hydrogen (secondary N) is 1. The summed E-state index contributed by atoms with van der Waals surface area (Å²) in [4.78, 5) is 29.3. The van der Waals surface area contributed by atoms with Crippen molar-refractivity contribution >= 4 is 34.2 Å². The Balaban J connectivity index is 1.01. The number of halogens is 2. The van der Waals surface area contributed by atoms with Gasteiger partial charge < -0.3 is 19.4 Å². The summed E-state index contributed by atoms with van der Waals surface area (Å²) in [5.41, 5.74) is 5.42. The maximum absolute atomic E-state index is 14.2. The molecular weight excluding hydrogens is 619 g/mol. The van der Waals surface area contributed by atoms with E-state index in [1.807, 2.05) is 37.3 Å². The first kappa shape index (κ1) is 31.2. The zero-order valence-electron chi connectivity index (χ0n) is 26.2. The van der Waals surface area contributed by atoms with Gasteiger partial charge >= 0.3 is 0 Å². The molecule has 0 bridgehead atoms. The number of amides is 1. The topological polar surface area (TPSA) is 94.4 Å². The van der Waals surface area contributed by atoms with Crippen LogP contribution in [-0.4, -0.2) is 56.1 Å². The number of hydrogen-bond acceptors (Lipinski definition) is 7. The summed E-state index contributed by atoms with van der Waals surface area (Å²) >= 11 is 5.87. The number of fused-ring (bicyclic) bond motifs is 1. The Morgan fingerprint density at radius 2 is 1.94 bits per heavy atom. The van der Waals surface area contributed by atoms with Gasteiger partial charge in [-0.2, -0.15) is 0 Å². The lowest BCUT2D eigenvalue weighted by Gasteiger charge is -2.32.